The lowest BCUT2D eigenvalue weighted by Crippen LogP contribution is -2.27. The standard InChI is InChI=1S/C12H13ClN4OS/c13-8-3-4-9-12(17-19-16-9)11(8)14-6-5-10(18)15-7-1-2-7/h3-4,7,14H,1-2,5-6H2,(H,15,18). The largest absolute Gasteiger partial charge is 0.381 e. The number of hydrogen-bond acceptors (Lipinski definition) is 5. The Hall–Kier alpha value is -1.40. The second-order valence-electron chi connectivity index (χ2n) is 4.57. The molecule has 1 amide bonds. The zero-order chi connectivity index (χ0) is 13.2. The van der Waals surface area contributed by atoms with Crippen molar-refractivity contribution in [1.82, 2.24) is 14.1 Å². The van der Waals surface area contributed by atoms with Crippen LogP contribution in [0.4, 0.5) is 5.69 Å². The van der Waals surface area contributed by atoms with E-state index in [-0.39, 0.29) is 5.91 Å². The average molecular weight is 297 g/mol. The van der Waals surface area contributed by atoms with E-state index in [1.165, 1.54) is 0 Å². The number of carbonyl (C=O) groups excluding carboxylic acids is 1. The van der Waals surface area contributed by atoms with Crippen LogP contribution in [0, 0.1) is 0 Å². The molecule has 3 rings (SSSR count). The van der Waals surface area contributed by atoms with E-state index in [2.05, 4.69) is 19.4 Å². The van der Waals surface area contributed by atoms with Crippen molar-refractivity contribution >= 4 is 46.0 Å². The second kappa shape index (κ2) is 5.30. The smallest absolute Gasteiger partial charge is 0.221 e. The molecule has 0 unspecified atom stereocenters. The van der Waals surface area contributed by atoms with Gasteiger partial charge in [0, 0.05) is 19.0 Å². The average Bonchev–Trinajstić information content (AvgIpc) is 3.06. The van der Waals surface area contributed by atoms with Gasteiger partial charge in [0.25, 0.3) is 0 Å². The van der Waals surface area contributed by atoms with Crippen molar-refractivity contribution in [2.45, 2.75) is 25.3 Å². The molecule has 100 valence electrons. The van der Waals surface area contributed by atoms with E-state index < -0.39 is 0 Å². The lowest BCUT2D eigenvalue weighted by molar-refractivity contribution is -0.120. The molecule has 0 saturated heterocycles. The minimum absolute atomic E-state index is 0.0784. The van der Waals surface area contributed by atoms with Gasteiger partial charge >= 0.3 is 0 Å². The van der Waals surface area contributed by atoms with E-state index in [9.17, 15) is 4.79 Å². The first-order valence-corrected chi connectivity index (χ1v) is 7.29. The molecule has 1 aromatic carbocycles. The number of amides is 1. The Labute approximate surface area is 119 Å². The van der Waals surface area contributed by atoms with Crippen LogP contribution in [0.3, 0.4) is 0 Å². The third-order valence-corrected chi connectivity index (χ3v) is 3.83. The zero-order valence-electron chi connectivity index (χ0n) is 10.1. The lowest BCUT2D eigenvalue weighted by atomic mass is 10.2. The fourth-order valence-corrected chi connectivity index (χ4v) is 2.59. The van der Waals surface area contributed by atoms with Gasteiger partial charge in [-0.05, 0) is 25.0 Å². The maximum atomic E-state index is 11.6. The van der Waals surface area contributed by atoms with Crippen LogP contribution >= 0.6 is 23.3 Å². The molecule has 0 aliphatic heterocycles. The molecule has 0 spiro atoms. The van der Waals surface area contributed by atoms with Crippen LogP contribution in [-0.2, 0) is 4.79 Å². The highest BCUT2D eigenvalue weighted by molar-refractivity contribution is 7.00. The molecule has 2 N–H and O–H groups in total. The predicted molar refractivity (Wildman–Crippen MR) is 76.7 cm³/mol. The number of anilines is 1. The number of aromatic nitrogens is 2. The summed E-state index contributed by atoms with van der Waals surface area (Å²) in [6, 6.07) is 4.03. The van der Waals surface area contributed by atoms with Gasteiger partial charge in [0.2, 0.25) is 5.91 Å². The molecular weight excluding hydrogens is 284 g/mol. The summed E-state index contributed by atoms with van der Waals surface area (Å²) >= 11 is 7.30. The summed E-state index contributed by atoms with van der Waals surface area (Å²) in [5.74, 6) is 0.0784. The Morgan fingerprint density at radius 2 is 2.26 bits per heavy atom. The molecular formula is C12H13ClN4OS. The summed E-state index contributed by atoms with van der Waals surface area (Å²) in [6.45, 7) is 0.537. The first kappa shape index (κ1) is 12.6. The molecule has 1 aromatic heterocycles. The maximum absolute atomic E-state index is 11.6. The van der Waals surface area contributed by atoms with Crippen LogP contribution in [0.1, 0.15) is 19.3 Å². The molecule has 1 aliphatic rings. The maximum Gasteiger partial charge on any atom is 0.221 e. The summed E-state index contributed by atoms with van der Waals surface area (Å²) in [7, 11) is 0. The molecule has 7 heteroatoms. The first-order chi connectivity index (χ1) is 9.24. The first-order valence-electron chi connectivity index (χ1n) is 6.18. The SMILES string of the molecule is O=C(CCNc1c(Cl)ccc2nsnc12)NC1CC1. The van der Waals surface area contributed by atoms with Gasteiger partial charge < -0.3 is 10.6 Å². The molecule has 0 atom stereocenters. The van der Waals surface area contributed by atoms with Crippen LogP contribution in [-0.4, -0.2) is 27.2 Å². The number of carbonyl (C=O) groups is 1. The predicted octanol–water partition coefficient (Wildman–Crippen LogP) is 2.43. The Bertz CT molecular complexity index is 611. The van der Waals surface area contributed by atoms with Crippen LogP contribution in [0.15, 0.2) is 12.1 Å². The van der Waals surface area contributed by atoms with Crippen molar-refractivity contribution in [3.8, 4) is 0 Å². The molecule has 19 heavy (non-hydrogen) atoms. The molecule has 1 heterocycles. The van der Waals surface area contributed by atoms with Crippen molar-refractivity contribution in [3.63, 3.8) is 0 Å². The highest BCUT2D eigenvalue weighted by Gasteiger charge is 2.22. The van der Waals surface area contributed by atoms with E-state index in [4.69, 9.17) is 11.6 Å². The quantitative estimate of drug-likeness (QED) is 0.889. The lowest BCUT2D eigenvalue weighted by Gasteiger charge is -2.08. The molecule has 1 saturated carbocycles. The van der Waals surface area contributed by atoms with E-state index in [0.717, 1.165) is 41.3 Å². The van der Waals surface area contributed by atoms with Gasteiger partial charge in [-0.15, -0.1) is 0 Å². The number of nitrogens with zero attached hydrogens (tertiary/aromatic N) is 2. The number of benzene rings is 1. The van der Waals surface area contributed by atoms with Gasteiger partial charge in [-0.3, -0.25) is 4.79 Å². The normalized spacial score (nSPS) is 14.6. The van der Waals surface area contributed by atoms with Gasteiger partial charge in [0.15, 0.2) is 0 Å². The number of rotatable bonds is 5. The fourth-order valence-electron chi connectivity index (χ4n) is 1.82. The van der Waals surface area contributed by atoms with Gasteiger partial charge in [0.1, 0.15) is 11.0 Å². The van der Waals surface area contributed by atoms with E-state index in [0.29, 0.717) is 24.0 Å². The second-order valence-corrected chi connectivity index (χ2v) is 5.51. The number of halogens is 1. The van der Waals surface area contributed by atoms with Crippen molar-refractivity contribution in [2.24, 2.45) is 0 Å². The van der Waals surface area contributed by atoms with Crippen molar-refractivity contribution in [2.75, 3.05) is 11.9 Å². The summed E-state index contributed by atoms with van der Waals surface area (Å²) in [5, 5.41) is 6.73. The molecule has 0 radical (unpaired) electrons. The topological polar surface area (TPSA) is 66.9 Å². The van der Waals surface area contributed by atoms with E-state index >= 15 is 0 Å². The minimum atomic E-state index is 0.0784. The highest BCUT2D eigenvalue weighted by Crippen LogP contribution is 2.29. The van der Waals surface area contributed by atoms with Crippen molar-refractivity contribution in [3.05, 3.63) is 17.2 Å². The summed E-state index contributed by atoms with van der Waals surface area (Å²) < 4.78 is 8.38. The van der Waals surface area contributed by atoms with Crippen LogP contribution in [0.25, 0.3) is 11.0 Å². The Balaban J connectivity index is 1.62. The number of nitrogens with one attached hydrogen (secondary N) is 2. The zero-order valence-corrected chi connectivity index (χ0v) is 11.7. The van der Waals surface area contributed by atoms with E-state index in [1.807, 2.05) is 6.07 Å². The molecule has 1 aliphatic carbocycles. The Morgan fingerprint density at radius 1 is 1.42 bits per heavy atom. The highest BCUT2D eigenvalue weighted by atomic mass is 35.5. The van der Waals surface area contributed by atoms with Crippen LogP contribution in [0.2, 0.25) is 5.02 Å². The molecule has 2 aromatic rings. The summed E-state index contributed by atoms with van der Waals surface area (Å²) in [4.78, 5) is 11.6. The fraction of sp³-hybridized carbons (Fsp3) is 0.417. The van der Waals surface area contributed by atoms with Gasteiger partial charge in [-0.25, -0.2) is 0 Å². The summed E-state index contributed by atoms with van der Waals surface area (Å²) in [6.07, 6.45) is 2.64. The third kappa shape index (κ3) is 2.96. The molecule has 5 nitrogen and oxygen atoms in total. The minimum Gasteiger partial charge on any atom is -0.381 e. The van der Waals surface area contributed by atoms with Gasteiger partial charge in [-0.2, -0.15) is 8.75 Å². The Morgan fingerprint density at radius 3 is 3.05 bits per heavy atom. The monoisotopic (exact) mass is 296 g/mol. The van der Waals surface area contributed by atoms with E-state index in [1.54, 1.807) is 6.07 Å². The number of fused-ring (bicyclic) bond motifs is 1. The van der Waals surface area contributed by atoms with Crippen molar-refractivity contribution < 1.29 is 4.79 Å². The van der Waals surface area contributed by atoms with Crippen LogP contribution < -0.4 is 10.6 Å². The molecule has 1 fully saturated rings. The van der Waals surface area contributed by atoms with Gasteiger partial charge in [-0.1, -0.05) is 11.6 Å². The molecule has 0 bridgehead atoms. The van der Waals surface area contributed by atoms with Crippen molar-refractivity contribution in [1.29, 1.82) is 0 Å². The third-order valence-electron chi connectivity index (χ3n) is 2.97. The summed E-state index contributed by atoms with van der Waals surface area (Å²) in [5.41, 5.74) is 2.34. The van der Waals surface area contributed by atoms with Crippen LogP contribution in [0.5, 0.6) is 0 Å². The van der Waals surface area contributed by atoms with Gasteiger partial charge in [0.05, 0.1) is 22.4 Å². The Kier molecular flexibility index (Phi) is 3.52. The number of hydrogen-bond donors (Lipinski definition) is 2.